The van der Waals surface area contributed by atoms with Crippen molar-refractivity contribution in [2.45, 2.75) is 20.8 Å². The molecule has 3 aromatic rings. The molecular weight excluding hydrogens is 377 g/mol. The topological polar surface area (TPSA) is 78.7 Å². The van der Waals surface area contributed by atoms with E-state index in [1.807, 2.05) is 26.0 Å². The van der Waals surface area contributed by atoms with Crippen LogP contribution in [0.1, 0.15) is 16.7 Å². The van der Waals surface area contributed by atoms with Gasteiger partial charge in [-0.15, -0.1) is 0 Å². The van der Waals surface area contributed by atoms with Crippen LogP contribution in [0, 0.1) is 30.9 Å². The molecule has 0 heterocycles. The zero-order valence-corrected chi connectivity index (χ0v) is 16.7. The summed E-state index contributed by atoms with van der Waals surface area (Å²) in [6, 6.07) is 18.4. The summed E-state index contributed by atoms with van der Waals surface area (Å²) in [5, 5.41) is 11.8. The van der Waals surface area contributed by atoms with Crippen molar-refractivity contribution < 1.29 is 18.5 Å². The van der Waals surface area contributed by atoms with Gasteiger partial charge in [0.05, 0.1) is 10.2 Å². The minimum absolute atomic E-state index is 0.104. The van der Waals surface area contributed by atoms with Crippen molar-refractivity contribution in [3.63, 3.8) is 0 Å². The number of nitro groups is 1. The van der Waals surface area contributed by atoms with E-state index in [0.29, 0.717) is 16.6 Å². The highest BCUT2D eigenvalue weighted by molar-refractivity contribution is 7.63. The molecule has 0 radical (unpaired) electrons. The van der Waals surface area contributed by atoms with Gasteiger partial charge in [0.25, 0.3) is 0 Å². The lowest BCUT2D eigenvalue weighted by atomic mass is 10.1. The maximum Gasteiger partial charge on any atom is 0.463 e. The predicted octanol–water partition coefficient (Wildman–Crippen LogP) is 5.50. The third-order valence-corrected chi connectivity index (χ3v) is 5.96. The quantitative estimate of drug-likeness (QED) is 0.312. The summed E-state index contributed by atoms with van der Waals surface area (Å²) in [6.07, 6.45) is 0. The van der Waals surface area contributed by atoms with Gasteiger partial charge in [-0.1, -0.05) is 42.0 Å². The molecule has 6 nitrogen and oxygen atoms in total. The third-order valence-electron chi connectivity index (χ3n) is 4.15. The highest BCUT2D eigenvalue weighted by Crippen LogP contribution is 2.50. The lowest BCUT2D eigenvalue weighted by molar-refractivity contribution is -0.385. The van der Waals surface area contributed by atoms with Gasteiger partial charge >= 0.3 is 13.3 Å². The molecule has 0 spiro atoms. The largest absolute Gasteiger partial charge is 0.463 e. The molecule has 0 bridgehead atoms. The van der Waals surface area contributed by atoms with E-state index in [0.717, 1.165) is 11.1 Å². The molecule has 3 rings (SSSR count). The molecule has 0 aromatic heterocycles. The molecule has 0 fully saturated rings. The van der Waals surface area contributed by atoms with Crippen LogP contribution in [0.4, 0.5) is 5.69 Å². The molecule has 0 N–H and O–H groups in total. The number of rotatable bonds is 6. The van der Waals surface area contributed by atoms with Gasteiger partial charge in [0.15, 0.2) is 0 Å². The number of hydrogen-bond donors (Lipinski definition) is 0. The maximum absolute atomic E-state index is 13.8. The summed E-state index contributed by atoms with van der Waals surface area (Å²) < 4.78 is 25.4. The Balaban J connectivity index is 2.08. The third kappa shape index (κ3) is 4.24. The molecular formula is C21H20NO5P. The van der Waals surface area contributed by atoms with Crippen molar-refractivity contribution in [1.82, 2.24) is 0 Å². The molecule has 28 heavy (non-hydrogen) atoms. The zero-order valence-electron chi connectivity index (χ0n) is 15.8. The van der Waals surface area contributed by atoms with Crippen LogP contribution in [0.2, 0.25) is 0 Å². The van der Waals surface area contributed by atoms with Crippen LogP contribution in [0.5, 0.6) is 11.5 Å². The highest BCUT2D eigenvalue weighted by atomic mass is 31.2. The summed E-state index contributed by atoms with van der Waals surface area (Å²) in [5.74, 6) is 0.292. The van der Waals surface area contributed by atoms with E-state index in [2.05, 4.69) is 0 Å². The lowest BCUT2D eigenvalue weighted by Crippen LogP contribution is -2.15. The Morgan fingerprint density at radius 1 is 0.821 bits per heavy atom. The van der Waals surface area contributed by atoms with E-state index in [9.17, 15) is 14.7 Å². The average molecular weight is 397 g/mol. The Kier molecular flexibility index (Phi) is 5.52. The second-order valence-corrected chi connectivity index (χ2v) is 8.39. The van der Waals surface area contributed by atoms with E-state index in [1.54, 1.807) is 49.4 Å². The summed E-state index contributed by atoms with van der Waals surface area (Å²) >= 11 is 0. The summed E-state index contributed by atoms with van der Waals surface area (Å²) in [5.41, 5.74) is 2.26. The summed E-state index contributed by atoms with van der Waals surface area (Å²) in [4.78, 5) is 10.9. The second kappa shape index (κ2) is 7.87. The fourth-order valence-corrected chi connectivity index (χ4v) is 4.41. The van der Waals surface area contributed by atoms with Gasteiger partial charge in [0.2, 0.25) is 5.75 Å². The van der Waals surface area contributed by atoms with Crippen molar-refractivity contribution >= 4 is 18.6 Å². The average Bonchev–Trinajstić information content (AvgIpc) is 2.66. The van der Waals surface area contributed by atoms with E-state index >= 15 is 0 Å². The highest BCUT2D eigenvalue weighted by Gasteiger charge is 2.34. The van der Waals surface area contributed by atoms with Crippen molar-refractivity contribution in [3.05, 3.63) is 93.5 Å². The first-order valence-corrected chi connectivity index (χ1v) is 10.2. The summed E-state index contributed by atoms with van der Waals surface area (Å²) in [6.45, 7) is 5.52. The zero-order chi connectivity index (χ0) is 20.3. The SMILES string of the molecule is Cc1ccc(O[P@@](=O)(Oc2ccc(C)cc2[N+](=O)[O-])c2ccccc2)c(C)c1. The van der Waals surface area contributed by atoms with Crippen LogP contribution in [0.3, 0.4) is 0 Å². The Hall–Kier alpha value is -3.11. The molecule has 0 amide bonds. The number of hydrogen-bond acceptors (Lipinski definition) is 5. The molecule has 1 atom stereocenters. The van der Waals surface area contributed by atoms with E-state index in [-0.39, 0.29) is 11.4 Å². The second-order valence-electron chi connectivity index (χ2n) is 6.51. The van der Waals surface area contributed by atoms with E-state index < -0.39 is 12.5 Å². The molecule has 0 saturated heterocycles. The molecule has 0 aliphatic rings. The molecule has 0 unspecified atom stereocenters. The predicted molar refractivity (Wildman–Crippen MR) is 109 cm³/mol. The number of nitrogens with zero attached hydrogens (tertiary/aromatic N) is 1. The lowest BCUT2D eigenvalue weighted by Gasteiger charge is -2.21. The smallest absolute Gasteiger partial charge is 0.413 e. The molecule has 144 valence electrons. The monoisotopic (exact) mass is 397 g/mol. The number of nitro benzene ring substituents is 1. The van der Waals surface area contributed by atoms with Crippen molar-refractivity contribution in [2.75, 3.05) is 0 Å². The van der Waals surface area contributed by atoms with Gasteiger partial charge in [-0.05, 0) is 56.2 Å². The van der Waals surface area contributed by atoms with E-state index in [4.69, 9.17) is 9.05 Å². The van der Waals surface area contributed by atoms with Crippen LogP contribution >= 0.6 is 7.60 Å². The molecule has 0 aliphatic heterocycles. The normalized spacial score (nSPS) is 12.8. The van der Waals surface area contributed by atoms with Gasteiger partial charge < -0.3 is 9.05 Å². The number of aryl methyl sites for hydroxylation is 3. The van der Waals surface area contributed by atoms with Gasteiger partial charge in [-0.2, -0.15) is 0 Å². The van der Waals surface area contributed by atoms with Crippen LogP contribution in [-0.4, -0.2) is 4.92 Å². The first-order chi connectivity index (χ1) is 13.3. The van der Waals surface area contributed by atoms with Gasteiger partial charge in [-0.25, -0.2) is 4.57 Å². The fourth-order valence-electron chi connectivity index (χ4n) is 2.74. The minimum Gasteiger partial charge on any atom is -0.413 e. The van der Waals surface area contributed by atoms with Crippen molar-refractivity contribution in [2.24, 2.45) is 0 Å². The Labute approximate surface area is 163 Å². The fraction of sp³-hybridized carbons (Fsp3) is 0.143. The van der Waals surface area contributed by atoms with Gasteiger partial charge in [-0.3, -0.25) is 10.1 Å². The molecule has 7 heteroatoms. The standard InChI is InChI=1S/C21H20NO5P/c1-15-9-11-20(17(3)13-15)26-28(25,18-7-5-4-6-8-18)27-21-12-10-16(2)14-19(21)22(23)24/h4-14H,1-3H3/t28-/m1/s1. The molecule has 0 saturated carbocycles. The Morgan fingerprint density at radius 2 is 1.39 bits per heavy atom. The Bertz CT molecular complexity index is 1070. The van der Waals surface area contributed by atoms with Crippen LogP contribution < -0.4 is 14.4 Å². The van der Waals surface area contributed by atoms with Crippen molar-refractivity contribution in [3.8, 4) is 11.5 Å². The molecule has 0 aliphatic carbocycles. The summed E-state index contributed by atoms with van der Waals surface area (Å²) in [7, 11) is -3.94. The molecule has 3 aromatic carbocycles. The van der Waals surface area contributed by atoms with Crippen molar-refractivity contribution in [1.29, 1.82) is 0 Å². The van der Waals surface area contributed by atoms with Gasteiger partial charge in [0, 0.05) is 6.07 Å². The minimum atomic E-state index is -3.94. The van der Waals surface area contributed by atoms with Crippen LogP contribution in [-0.2, 0) is 4.57 Å². The van der Waals surface area contributed by atoms with E-state index in [1.165, 1.54) is 12.1 Å². The van der Waals surface area contributed by atoms with Gasteiger partial charge in [0.1, 0.15) is 5.75 Å². The first kappa shape index (κ1) is 19.6. The first-order valence-electron chi connectivity index (χ1n) is 8.66. The number of benzene rings is 3. The Morgan fingerprint density at radius 3 is 2.00 bits per heavy atom. The van der Waals surface area contributed by atoms with Crippen LogP contribution in [0.25, 0.3) is 0 Å². The van der Waals surface area contributed by atoms with Crippen LogP contribution in [0.15, 0.2) is 66.7 Å². The maximum atomic E-state index is 13.8.